The van der Waals surface area contributed by atoms with Gasteiger partial charge in [0.1, 0.15) is 5.82 Å². The summed E-state index contributed by atoms with van der Waals surface area (Å²) in [6, 6.07) is 10.6. The molecule has 0 spiro atoms. The summed E-state index contributed by atoms with van der Waals surface area (Å²) < 4.78 is 53.8. The zero-order valence-electron chi connectivity index (χ0n) is 18.8. The highest BCUT2D eigenvalue weighted by Gasteiger charge is 2.43. The summed E-state index contributed by atoms with van der Waals surface area (Å²) in [5, 5.41) is 9.04. The Hall–Kier alpha value is -3.61. The second kappa shape index (κ2) is 9.56. The maximum absolute atomic E-state index is 13.5. The number of alkyl halides is 3. The molecule has 0 saturated carbocycles. The molecule has 6 nitrogen and oxygen atoms in total. The van der Waals surface area contributed by atoms with Gasteiger partial charge in [-0.3, -0.25) is 9.59 Å². The lowest BCUT2D eigenvalue weighted by Crippen LogP contribution is -2.42. The van der Waals surface area contributed by atoms with Crippen LogP contribution in [0.15, 0.2) is 42.5 Å². The fourth-order valence-electron chi connectivity index (χ4n) is 5.21. The van der Waals surface area contributed by atoms with E-state index in [1.165, 1.54) is 24.3 Å². The zero-order valence-corrected chi connectivity index (χ0v) is 18.8. The largest absolute Gasteiger partial charge is 0.417 e. The first-order chi connectivity index (χ1) is 16.6. The van der Waals surface area contributed by atoms with E-state index in [2.05, 4.69) is 0 Å². The van der Waals surface area contributed by atoms with Gasteiger partial charge in [-0.25, -0.2) is 4.39 Å². The number of halogens is 4. The van der Waals surface area contributed by atoms with E-state index < -0.39 is 34.9 Å². The minimum absolute atomic E-state index is 0.0505. The van der Waals surface area contributed by atoms with Gasteiger partial charge in [0, 0.05) is 37.4 Å². The molecule has 0 aromatic heterocycles. The number of likely N-dealkylation sites (tertiary alicyclic amines) is 1. The molecule has 0 unspecified atom stereocenters. The van der Waals surface area contributed by atoms with Crippen LogP contribution in [-0.2, 0) is 11.0 Å². The van der Waals surface area contributed by atoms with Gasteiger partial charge in [0.15, 0.2) is 0 Å². The molecule has 0 bridgehead atoms. The van der Waals surface area contributed by atoms with Crippen LogP contribution in [0, 0.1) is 34.9 Å². The normalized spacial score (nSPS) is 21.1. The summed E-state index contributed by atoms with van der Waals surface area (Å²) in [6.45, 7) is 1.39. The van der Waals surface area contributed by atoms with E-state index in [4.69, 9.17) is 11.0 Å². The topological polar surface area (TPSA) is 90.4 Å². The third-order valence-corrected chi connectivity index (χ3v) is 7.03. The van der Waals surface area contributed by atoms with Crippen LogP contribution in [-0.4, -0.2) is 42.9 Å². The minimum Gasteiger partial charge on any atom is -0.370 e. The van der Waals surface area contributed by atoms with Crippen molar-refractivity contribution in [1.29, 1.82) is 5.26 Å². The van der Waals surface area contributed by atoms with E-state index in [1.807, 2.05) is 0 Å². The molecule has 10 heteroatoms. The number of anilines is 1. The van der Waals surface area contributed by atoms with Crippen molar-refractivity contribution in [3.63, 3.8) is 0 Å². The average molecular weight is 488 g/mol. The number of primary amides is 1. The van der Waals surface area contributed by atoms with E-state index >= 15 is 0 Å². The molecule has 184 valence electrons. The van der Waals surface area contributed by atoms with Gasteiger partial charge < -0.3 is 15.5 Å². The molecule has 2 fully saturated rings. The van der Waals surface area contributed by atoms with Crippen LogP contribution in [0.4, 0.5) is 23.2 Å². The predicted molar refractivity (Wildman–Crippen MR) is 120 cm³/mol. The summed E-state index contributed by atoms with van der Waals surface area (Å²) in [7, 11) is 0. The predicted octanol–water partition coefficient (Wildman–Crippen LogP) is 3.81. The second-order valence-corrected chi connectivity index (χ2v) is 9.06. The molecule has 2 N–H and O–H groups in total. The highest BCUT2D eigenvalue weighted by Crippen LogP contribution is 2.40. The van der Waals surface area contributed by atoms with Crippen molar-refractivity contribution in [2.75, 3.05) is 31.1 Å². The summed E-state index contributed by atoms with van der Waals surface area (Å²) >= 11 is 0. The van der Waals surface area contributed by atoms with E-state index in [1.54, 1.807) is 21.9 Å². The van der Waals surface area contributed by atoms with Crippen molar-refractivity contribution >= 4 is 17.5 Å². The number of carbonyl (C=O) groups excluding carboxylic acids is 2. The molecular weight excluding hydrogens is 464 g/mol. The van der Waals surface area contributed by atoms with Gasteiger partial charge in [0.05, 0.1) is 23.1 Å². The lowest BCUT2D eigenvalue weighted by atomic mass is 9.78. The minimum atomic E-state index is -4.68. The summed E-state index contributed by atoms with van der Waals surface area (Å²) in [6.07, 6.45) is -3.47. The first-order valence-corrected chi connectivity index (χ1v) is 11.3. The average Bonchev–Trinajstić information content (AvgIpc) is 3.29. The number of nitriles is 1. The number of nitrogens with zero attached hydrogens (tertiary/aromatic N) is 3. The van der Waals surface area contributed by atoms with Crippen molar-refractivity contribution < 1.29 is 27.2 Å². The lowest BCUT2D eigenvalue weighted by molar-refractivity contribution is -0.137. The monoisotopic (exact) mass is 488 g/mol. The number of carbonyl (C=O) groups is 2. The third kappa shape index (κ3) is 5.09. The molecule has 2 atom stereocenters. The standard InChI is InChI=1S/C25H24F4N4O2/c26-18-3-1-2-16(10-18)24(35)32-8-6-15(7-9-32)20-13-33(14-21(20)23(31)34)19-5-4-17(12-30)22(11-19)25(27,28)29/h1-5,10-11,15,20-21H,6-9,13-14H2,(H2,31,34)/t20-,21+/m0/s1. The smallest absolute Gasteiger partial charge is 0.370 e. The van der Waals surface area contributed by atoms with Gasteiger partial charge >= 0.3 is 6.18 Å². The number of piperidine rings is 1. The quantitative estimate of drug-likeness (QED) is 0.663. The van der Waals surface area contributed by atoms with Crippen LogP contribution in [0.3, 0.4) is 0 Å². The van der Waals surface area contributed by atoms with E-state index in [-0.39, 0.29) is 35.5 Å². The van der Waals surface area contributed by atoms with E-state index in [0.29, 0.717) is 32.5 Å². The molecule has 2 amide bonds. The Kier molecular flexibility index (Phi) is 6.70. The van der Waals surface area contributed by atoms with Crippen LogP contribution in [0.25, 0.3) is 0 Å². The maximum atomic E-state index is 13.5. The number of nitrogens with two attached hydrogens (primary N) is 1. The Morgan fingerprint density at radius 3 is 2.37 bits per heavy atom. The molecule has 2 aromatic rings. The van der Waals surface area contributed by atoms with Gasteiger partial charge in [-0.15, -0.1) is 0 Å². The first-order valence-electron chi connectivity index (χ1n) is 11.3. The van der Waals surface area contributed by atoms with Gasteiger partial charge in [0.25, 0.3) is 5.91 Å². The van der Waals surface area contributed by atoms with E-state index in [9.17, 15) is 27.2 Å². The van der Waals surface area contributed by atoms with Gasteiger partial charge in [-0.2, -0.15) is 18.4 Å². The Labute approximate surface area is 199 Å². The van der Waals surface area contributed by atoms with Gasteiger partial charge in [-0.05, 0) is 61.1 Å². The van der Waals surface area contributed by atoms with Gasteiger partial charge in [-0.1, -0.05) is 6.07 Å². The number of rotatable bonds is 4. The molecular formula is C25H24F4N4O2. The number of benzene rings is 2. The zero-order chi connectivity index (χ0) is 25.3. The van der Waals surface area contributed by atoms with E-state index in [0.717, 1.165) is 12.1 Å². The molecule has 2 aliphatic heterocycles. The molecule has 4 rings (SSSR count). The molecule has 2 aromatic carbocycles. The van der Waals surface area contributed by atoms with Crippen molar-refractivity contribution in [2.45, 2.75) is 19.0 Å². The molecule has 2 heterocycles. The Morgan fingerprint density at radius 1 is 1.06 bits per heavy atom. The van der Waals surface area contributed by atoms with Crippen LogP contribution >= 0.6 is 0 Å². The van der Waals surface area contributed by atoms with Crippen molar-refractivity contribution in [3.05, 3.63) is 65.0 Å². The lowest BCUT2D eigenvalue weighted by Gasteiger charge is -2.36. The number of hydrogen-bond donors (Lipinski definition) is 1. The van der Waals surface area contributed by atoms with Crippen molar-refractivity contribution in [2.24, 2.45) is 23.5 Å². The summed E-state index contributed by atoms with van der Waals surface area (Å²) in [4.78, 5) is 28.3. The van der Waals surface area contributed by atoms with Crippen LogP contribution < -0.4 is 10.6 Å². The highest BCUT2D eigenvalue weighted by atomic mass is 19.4. The molecule has 0 aliphatic carbocycles. The number of amides is 2. The molecule has 0 radical (unpaired) electrons. The molecule has 2 aliphatic rings. The fraction of sp³-hybridized carbons (Fsp3) is 0.400. The Morgan fingerprint density at radius 2 is 1.77 bits per heavy atom. The molecule has 35 heavy (non-hydrogen) atoms. The van der Waals surface area contributed by atoms with Crippen molar-refractivity contribution in [3.8, 4) is 6.07 Å². The number of hydrogen-bond acceptors (Lipinski definition) is 4. The van der Waals surface area contributed by atoms with Crippen molar-refractivity contribution in [1.82, 2.24) is 4.90 Å². The molecule has 2 saturated heterocycles. The summed E-state index contributed by atoms with van der Waals surface area (Å²) in [5.41, 5.74) is 4.74. The SMILES string of the molecule is N#Cc1ccc(N2C[C@@H](C(N)=O)[C@H](C3CCN(C(=O)c4cccc(F)c4)CC3)C2)cc1C(F)(F)F. The maximum Gasteiger partial charge on any atom is 0.417 e. The Bertz CT molecular complexity index is 1170. The first kappa shape index (κ1) is 24.5. The van der Waals surface area contributed by atoms with Crippen LogP contribution in [0.1, 0.15) is 34.3 Å². The second-order valence-electron chi connectivity index (χ2n) is 9.06. The summed E-state index contributed by atoms with van der Waals surface area (Å²) in [5.74, 6) is -1.94. The van der Waals surface area contributed by atoms with Crippen LogP contribution in [0.5, 0.6) is 0 Å². The fourth-order valence-corrected chi connectivity index (χ4v) is 5.21. The third-order valence-electron chi connectivity index (χ3n) is 7.03. The van der Waals surface area contributed by atoms with Gasteiger partial charge in [0.2, 0.25) is 5.91 Å². The van der Waals surface area contributed by atoms with Crippen LogP contribution in [0.2, 0.25) is 0 Å². The Balaban J connectivity index is 1.48. The highest BCUT2D eigenvalue weighted by molar-refractivity contribution is 5.94.